The fraction of sp³-hybridized carbons (Fsp3) is 0.286. The largest absolute Gasteiger partial charge is 0.420 e. The van der Waals surface area contributed by atoms with Crippen molar-refractivity contribution in [3.8, 4) is 11.3 Å². The highest BCUT2D eigenvalue weighted by molar-refractivity contribution is 6.30. The third-order valence-electron chi connectivity index (χ3n) is 4.98. The second-order valence-electron chi connectivity index (χ2n) is 6.85. The molecule has 1 aromatic carbocycles. The molecule has 152 valence electrons. The fourth-order valence-corrected chi connectivity index (χ4v) is 3.49. The van der Waals surface area contributed by atoms with Gasteiger partial charge in [0.05, 0.1) is 17.4 Å². The van der Waals surface area contributed by atoms with Gasteiger partial charge < -0.3 is 5.32 Å². The number of rotatable bonds is 3. The number of nitrogens with one attached hydrogen (secondary N) is 1. The lowest BCUT2D eigenvalue weighted by Crippen LogP contribution is -2.31. The van der Waals surface area contributed by atoms with Crippen molar-refractivity contribution in [1.29, 1.82) is 0 Å². The van der Waals surface area contributed by atoms with Crippen LogP contribution in [0.5, 0.6) is 0 Å². The molecule has 0 spiro atoms. The average Bonchev–Trinajstić information content (AvgIpc) is 2.75. The molecule has 1 unspecified atom stereocenters. The number of carbonyl (C=O) groups excluding carboxylic acids is 2. The van der Waals surface area contributed by atoms with Gasteiger partial charge in [0.15, 0.2) is 11.6 Å². The van der Waals surface area contributed by atoms with Crippen LogP contribution in [0.25, 0.3) is 11.3 Å². The van der Waals surface area contributed by atoms with E-state index in [4.69, 9.17) is 11.6 Å². The molecule has 1 N–H and O–H groups in total. The average molecular weight is 423 g/mol. The molecule has 0 saturated carbocycles. The lowest BCUT2D eigenvalue weighted by Gasteiger charge is -2.22. The van der Waals surface area contributed by atoms with Crippen molar-refractivity contribution in [2.75, 3.05) is 5.32 Å². The molecule has 1 heterocycles. The van der Waals surface area contributed by atoms with Crippen molar-refractivity contribution >= 4 is 28.9 Å². The summed E-state index contributed by atoms with van der Waals surface area (Å²) in [6, 6.07) is 7.97. The Morgan fingerprint density at radius 1 is 1.10 bits per heavy atom. The number of carbonyl (C=O) groups is 2. The quantitative estimate of drug-likeness (QED) is 0.666. The highest BCUT2D eigenvalue weighted by Crippen LogP contribution is 2.42. The van der Waals surface area contributed by atoms with Crippen LogP contribution in [0.3, 0.4) is 0 Å². The summed E-state index contributed by atoms with van der Waals surface area (Å²) in [5.74, 6) is -0.593. The molecule has 0 bridgehead atoms. The predicted octanol–water partition coefficient (Wildman–Crippen LogP) is 5.47. The number of allylic oxidation sites excluding steroid dienone is 1. The number of hydrogen-bond acceptors (Lipinski definition) is 4. The van der Waals surface area contributed by atoms with Gasteiger partial charge in [0.25, 0.3) is 0 Å². The Hall–Kier alpha value is -2.67. The molecule has 29 heavy (non-hydrogen) atoms. The number of anilines is 1. The topological polar surface area (TPSA) is 59.1 Å². The summed E-state index contributed by atoms with van der Waals surface area (Å²) in [7, 11) is 0. The number of alkyl halides is 3. The van der Waals surface area contributed by atoms with Crippen LogP contribution < -0.4 is 5.32 Å². The lowest BCUT2D eigenvalue weighted by molar-refractivity contribution is -0.136. The van der Waals surface area contributed by atoms with Crippen molar-refractivity contribution in [2.45, 2.75) is 38.9 Å². The maximum atomic E-state index is 14.0. The summed E-state index contributed by atoms with van der Waals surface area (Å²) >= 11 is 6.02. The summed E-state index contributed by atoms with van der Waals surface area (Å²) in [4.78, 5) is 28.6. The molecule has 2 aromatic rings. The number of pyridine rings is 1. The maximum Gasteiger partial charge on any atom is 0.420 e. The number of halogens is 4. The molecule has 1 aliphatic carbocycles. The smallest absolute Gasteiger partial charge is 0.374 e. The first kappa shape index (κ1) is 21.0. The molecular formula is C21H18ClF3N2O2. The summed E-state index contributed by atoms with van der Waals surface area (Å²) in [5.41, 5.74) is -0.826. The van der Waals surface area contributed by atoms with Crippen LogP contribution in [0.15, 0.2) is 47.5 Å². The van der Waals surface area contributed by atoms with Crippen LogP contribution in [0, 0.1) is 0 Å². The number of aromatic nitrogens is 1. The van der Waals surface area contributed by atoms with Crippen molar-refractivity contribution in [1.82, 2.24) is 4.98 Å². The minimum atomic E-state index is -4.74. The van der Waals surface area contributed by atoms with Crippen LogP contribution in [0.2, 0.25) is 5.15 Å². The van der Waals surface area contributed by atoms with E-state index in [2.05, 4.69) is 10.3 Å². The van der Waals surface area contributed by atoms with Crippen molar-refractivity contribution < 1.29 is 22.8 Å². The first-order chi connectivity index (χ1) is 13.6. The number of hydrogen-bond donors (Lipinski definition) is 1. The maximum absolute atomic E-state index is 14.0. The molecule has 0 aliphatic heterocycles. The molecule has 0 fully saturated rings. The number of ketones is 2. The van der Waals surface area contributed by atoms with Crippen molar-refractivity contribution in [3.63, 3.8) is 0 Å². The van der Waals surface area contributed by atoms with Crippen LogP contribution in [0.1, 0.15) is 32.3 Å². The highest BCUT2D eigenvalue weighted by Gasteiger charge is 2.39. The molecule has 0 saturated heterocycles. The van der Waals surface area contributed by atoms with Gasteiger partial charge in [0.2, 0.25) is 0 Å². The monoisotopic (exact) mass is 422 g/mol. The summed E-state index contributed by atoms with van der Waals surface area (Å²) < 4.78 is 42.0. The summed E-state index contributed by atoms with van der Waals surface area (Å²) in [5, 5.41) is 2.55. The Balaban J connectivity index is 2.12. The van der Waals surface area contributed by atoms with Crippen molar-refractivity contribution in [2.24, 2.45) is 0 Å². The van der Waals surface area contributed by atoms with Crippen LogP contribution in [-0.2, 0) is 15.8 Å². The first-order valence-corrected chi connectivity index (χ1v) is 9.32. The van der Waals surface area contributed by atoms with Crippen molar-refractivity contribution in [3.05, 3.63) is 58.3 Å². The van der Waals surface area contributed by atoms with E-state index in [0.717, 1.165) is 6.07 Å². The minimum absolute atomic E-state index is 0.0677. The fourth-order valence-electron chi connectivity index (χ4n) is 3.29. The Morgan fingerprint density at radius 3 is 2.38 bits per heavy atom. The highest BCUT2D eigenvalue weighted by atomic mass is 35.5. The standard InChI is InChI=1S/C21H18ClF3N2O2/c1-11-12(2)20(29)14(8-9-16(11)28)26-15-10-17(22)27-19(18(15)21(23,24)25)13-6-4-3-5-7-13/h3-7,10,14H,8-9H2,1-2H3,(H,26,27). The molecule has 3 rings (SSSR count). The van der Waals surface area contributed by atoms with E-state index in [9.17, 15) is 22.8 Å². The normalized spacial score (nSPS) is 18.1. The molecule has 4 nitrogen and oxygen atoms in total. The second kappa shape index (κ2) is 7.99. The Morgan fingerprint density at radius 2 is 1.76 bits per heavy atom. The number of nitrogens with zero attached hydrogens (tertiary/aromatic N) is 1. The lowest BCUT2D eigenvalue weighted by atomic mass is 10.00. The minimum Gasteiger partial charge on any atom is -0.374 e. The van der Waals surface area contributed by atoms with Gasteiger partial charge in [0.1, 0.15) is 10.7 Å². The molecular weight excluding hydrogens is 405 g/mol. The third kappa shape index (κ3) is 4.34. The number of benzene rings is 1. The predicted molar refractivity (Wildman–Crippen MR) is 105 cm³/mol. The van der Waals surface area contributed by atoms with Gasteiger partial charge in [-0.15, -0.1) is 0 Å². The summed E-state index contributed by atoms with van der Waals surface area (Å²) in [6.07, 6.45) is -4.59. The van der Waals surface area contributed by atoms with E-state index in [1.165, 1.54) is 19.1 Å². The van der Waals surface area contributed by atoms with E-state index in [0.29, 0.717) is 5.57 Å². The van der Waals surface area contributed by atoms with E-state index < -0.39 is 23.6 Å². The molecule has 0 radical (unpaired) electrons. The van der Waals surface area contributed by atoms with E-state index in [-0.39, 0.29) is 46.3 Å². The second-order valence-corrected chi connectivity index (χ2v) is 7.24. The van der Waals surface area contributed by atoms with E-state index in [1.807, 2.05) is 0 Å². The van der Waals surface area contributed by atoms with Gasteiger partial charge >= 0.3 is 6.18 Å². The van der Waals surface area contributed by atoms with E-state index >= 15 is 0 Å². The van der Waals surface area contributed by atoms with Crippen LogP contribution >= 0.6 is 11.6 Å². The van der Waals surface area contributed by atoms with E-state index in [1.54, 1.807) is 25.1 Å². The summed E-state index contributed by atoms with van der Waals surface area (Å²) in [6.45, 7) is 3.06. The van der Waals surface area contributed by atoms with Gasteiger partial charge in [0, 0.05) is 17.6 Å². The van der Waals surface area contributed by atoms with Gasteiger partial charge in [-0.1, -0.05) is 41.9 Å². The Labute approximate surface area is 170 Å². The zero-order valence-corrected chi connectivity index (χ0v) is 16.5. The SMILES string of the molecule is CC1=C(C)C(=O)C(Nc2cc(Cl)nc(-c3ccccc3)c2C(F)(F)F)CCC1=O. The molecule has 1 atom stereocenters. The van der Waals surface area contributed by atoms with Gasteiger partial charge in [-0.3, -0.25) is 9.59 Å². The number of Topliss-reactive ketones (excluding diaryl/α,β-unsaturated/α-hetero) is 2. The van der Waals surface area contributed by atoms with Gasteiger partial charge in [-0.2, -0.15) is 13.2 Å². The molecule has 1 aromatic heterocycles. The van der Waals surface area contributed by atoms with Crippen LogP contribution in [0.4, 0.5) is 18.9 Å². The third-order valence-corrected chi connectivity index (χ3v) is 5.17. The zero-order valence-electron chi connectivity index (χ0n) is 15.7. The molecule has 8 heteroatoms. The zero-order chi connectivity index (χ0) is 21.3. The van der Waals surface area contributed by atoms with Gasteiger partial charge in [-0.25, -0.2) is 4.98 Å². The van der Waals surface area contributed by atoms with Crippen LogP contribution in [-0.4, -0.2) is 22.6 Å². The Kier molecular flexibility index (Phi) is 5.80. The molecule has 0 amide bonds. The molecule has 1 aliphatic rings. The Bertz CT molecular complexity index is 1000. The first-order valence-electron chi connectivity index (χ1n) is 8.94. The van der Waals surface area contributed by atoms with Gasteiger partial charge in [-0.05, 0) is 31.9 Å².